The Morgan fingerprint density at radius 2 is 1.29 bits per heavy atom. The van der Waals surface area contributed by atoms with Gasteiger partial charge in [0.15, 0.2) is 0 Å². The lowest BCUT2D eigenvalue weighted by Crippen LogP contribution is -2.28. The highest BCUT2D eigenvalue weighted by Gasteiger charge is 2.06. The Morgan fingerprint density at radius 3 is 1.50 bits per heavy atom. The van der Waals surface area contributed by atoms with Gasteiger partial charge in [0, 0.05) is 0 Å². The SMILES string of the molecule is CC(=O)[C@@H](N)CC=CC[C@H](N)C(C)=O. The van der Waals surface area contributed by atoms with Crippen LogP contribution in [0, 0.1) is 0 Å². The zero-order chi connectivity index (χ0) is 11.1. The number of ketones is 2. The molecule has 0 heterocycles. The van der Waals surface area contributed by atoms with Gasteiger partial charge in [0.2, 0.25) is 0 Å². The first kappa shape index (κ1) is 13.0. The molecular weight excluding hydrogens is 180 g/mol. The number of carbonyl (C=O) groups excluding carboxylic acids is 2. The van der Waals surface area contributed by atoms with E-state index in [0.717, 1.165) is 0 Å². The van der Waals surface area contributed by atoms with Crippen LogP contribution in [-0.2, 0) is 9.59 Å². The van der Waals surface area contributed by atoms with Crippen LogP contribution < -0.4 is 11.5 Å². The molecule has 0 aliphatic heterocycles. The summed E-state index contributed by atoms with van der Waals surface area (Å²) in [6.45, 7) is 2.92. The molecular formula is C10H18N2O2. The summed E-state index contributed by atoms with van der Waals surface area (Å²) in [7, 11) is 0. The first-order valence-electron chi connectivity index (χ1n) is 4.62. The lowest BCUT2D eigenvalue weighted by molar-refractivity contribution is -0.119. The molecule has 2 atom stereocenters. The van der Waals surface area contributed by atoms with Crippen LogP contribution in [0.3, 0.4) is 0 Å². The molecule has 0 aliphatic rings. The van der Waals surface area contributed by atoms with Gasteiger partial charge in [-0.3, -0.25) is 9.59 Å². The van der Waals surface area contributed by atoms with Crippen molar-refractivity contribution in [2.45, 2.75) is 38.8 Å². The average molecular weight is 198 g/mol. The van der Waals surface area contributed by atoms with Gasteiger partial charge in [0.1, 0.15) is 11.6 Å². The van der Waals surface area contributed by atoms with Crippen molar-refractivity contribution in [2.75, 3.05) is 0 Å². The second-order valence-corrected chi connectivity index (χ2v) is 3.38. The molecule has 0 amide bonds. The number of rotatable bonds is 6. The predicted octanol–water partition coefficient (Wildman–Crippen LogP) is 0.155. The largest absolute Gasteiger partial charge is 0.321 e. The van der Waals surface area contributed by atoms with E-state index in [0.29, 0.717) is 12.8 Å². The first-order valence-corrected chi connectivity index (χ1v) is 4.62. The van der Waals surface area contributed by atoms with E-state index in [9.17, 15) is 9.59 Å². The number of hydrogen-bond acceptors (Lipinski definition) is 4. The van der Waals surface area contributed by atoms with Gasteiger partial charge in [-0.25, -0.2) is 0 Å². The van der Waals surface area contributed by atoms with Crippen molar-refractivity contribution in [3.05, 3.63) is 12.2 Å². The first-order chi connectivity index (χ1) is 6.45. The third-order valence-corrected chi connectivity index (χ3v) is 1.99. The minimum Gasteiger partial charge on any atom is -0.321 e. The number of hydrogen-bond donors (Lipinski definition) is 2. The lowest BCUT2D eigenvalue weighted by Gasteiger charge is -2.04. The molecule has 4 N–H and O–H groups in total. The van der Waals surface area contributed by atoms with Crippen LogP contribution >= 0.6 is 0 Å². The van der Waals surface area contributed by atoms with Gasteiger partial charge < -0.3 is 11.5 Å². The molecule has 4 heteroatoms. The van der Waals surface area contributed by atoms with Gasteiger partial charge in [-0.2, -0.15) is 0 Å². The van der Waals surface area contributed by atoms with E-state index in [4.69, 9.17) is 11.5 Å². The molecule has 0 saturated carbocycles. The van der Waals surface area contributed by atoms with Crippen LogP contribution in [0.15, 0.2) is 12.2 Å². The Morgan fingerprint density at radius 1 is 1.00 bits per heavy atom. The predicted molar refractivity (Wildman–Crippen MR) is 55.7 cm³/mol. The Labute approximate surface area is 84.3 Å². The van der Waals surface area contributed by atoms with E-state index < -0.39 is 12.1 Å². The quantitative estimate of drug-likeness (QED) is 0.595. The highest BCUT2D eigenvalue weighted by molar-refractivity contribution is 5.81. The topological polar surface area (TPSA) is 86.2 Å². The highest BCUT2D eigenvalue weighted by Crippen LogP contribution is 1.96. The number of Topliss-reactive ketones (excluding diaryl/α,β-unsaturated/α-hetero) is 2. The van der Waals surface area contributed by atoms with Gasteiger partial charge in [-0.15, -0.1) is 0 Å². The van der Waals surface area contributed by atoms with E-state index in [2.05, 4.69) is 0 Å². The number of carbonyl (C=O) groups is 2. The number of nitrogens with two attached hydrogens (primary N) is 2. The van der Waals surface area contributed by atoms with Gasteiger partial charge in [-0.1, -0.05) is 12.2 Å². The molecule has 0 radical (unpaired) electrons. The van der Waals surface area contributed by atoms with Crippen LogP contribution in [0.1, 0.15) is 26.7 Å². The van der Waals surface area contributed by atoms with E-state index in [-0.39, 0.29) is 11.6 Å². The molecule has 0 aromatic heterocycles. The summed E-state index contributed by atoms with van der Waals surface area (Å²) in [6, 6.07) is -0.889. The van der Waals surface area contributed by atoms with Crippen molar-refractivity contribution in [3.63, 3.8) is 0 Å². The van der Waals surface area contributed by atoms with E-state index in [1.54, 1.807) is 12.2 Å². The summed E-state index contributed by atoms with van der Waals surface area (Å²) in [6.07, 6.45) is 4.57. The Kier molecular flexibility index (Phi) is 5.99. The van der Waals surface area contributed by atoms with Gasteiger partial charge >= 0.3 is 0 Å². The maximum Gasteiger partial charge on any atom is 0.146 e. The monoisotopic (exact) mass is 198 g/mol. The second kappa shape index (κ2) is 6.45. The Bertz CT molecular complexity index is 212. The molecule has 0 aromatic carbocycles. The van der Waals surface area contributed by atoms with E-state index in [1.807, 2.05) is 0 Å². The summed E-state index contributed by atoms with van der Waals surface area (Å²) < 4.78 is 0. The smallest absolute Gasteiger partial charge is 0.146 e. The van der Waals surface area contributed by atoms with E-state index >= 15 is 0 Å². The van der Waals surface area contributed by atoms with Crippen LogP contribution in [0.4, 0.5) is 0 Å². The molecule has 14 heavy (non-hydrogen) atoms. The van der Waals surface area contributed by atoms with Crippen molar-refractivity contribution >= 4 is 11.6 Å². The molecule has 0 rings (SSSR count). The average Bonchev–Trinajstić information content (AvgIpc) is 2.11. The van der Waals surface area contributed by atoms with Gasteiger partial charge in [-0.05, 0) is 26.7 Å². The van der Waals surface area contributed by atoms with Gasteiger partial charge in [0.05, 0.1) is 12.1 Å². The van der Waals surface area contributed by atoms with Crippen molar-refractivity contribution in [1.82, 2.24) is 0 Å². The summed E-state index contributed by atoms with van der Waals surface area (Å²) in [5.41, 5.74) is 11.0. The Hall–Kier alpha value is -1.00. The summed E-state index contributed by atoms with van der Waals surface area (Å²) >= 11 is 0. The minimum absolute atomic E-state index is 0.0366. The standard InChI is InChI=1S/C10H18N2O2/c1-7(13)9(11)5-3-4-6-10(12)8(2)14/h3-4,9-10H,5-6,11-12H2,1-2H3/t9-,10-/m0/s1. The van der Waals surface area contributed by atoms with Crippen LogP contribution in [0.25, 0.3) is 0 Å². The van der Waals surface area contributed by atoms with Crippen LogP contribution in [0.5, 0.6) is 0 Å². The molecule has 0 aliphatic carbocycles. The third-order valence-electron chi connectivity index (χ3n) is 1.99. The normalized spacial score (nSPS) is 15.4. The lowest BCUT2D eigenvalue weighted by atomic mass is 10.1. The molecule has 0 bridgehead atoms. The Balaban J connectivity index is 3.74. The van der Waals surface area contributed by atoms with Crippen LogP contribution in [-0.4, -0.2) is 23.7 Å². The fourth-order valence-corrected chi connectivity index (χ4v) is 0.818. The third kappa shape index (κ3) is 5.61. The summed E-state index contributed by atoms with van der Waals surface area (Å²) in [4.78, 5) is 21.5. The summed E-state index contributed by atoms with van der Waals surface area (Å²) in [5.74, 6) is -0.0731. The minimum atomic E-state index is -0.445. The fourth-order valence-electron chi connectivity index (χ4n) is 0.818. The van der Waals surface area contributed by atoms with Crippen molar-refractivity contribution in [1.29, 1.82) is 0 Å². The fraction of sp³-hybridized carbons (Fsp3) is 0.600. The van der Waals surface area contributed by atoms with Crippen molar-refractivity contribution < 1.29 is 9.59 Å². The zero-order valence-electron chi connectivity index (χ0n) is 8.69. The van der Waals surface area contributed by atoms with Gasteiger partial charge in [0.25, 0.3) is 0 Å². The molecule has 80 valence electrons. The van der Waals surface area contributed by atoms with Crippen molar-refractivity contribution in [2.24, 2.45) is 11.5 Å². The molecule has 0 saturated heterocycles. The molecule has 0 fully saturated rings. The molecule has 0 aromatic rings. The molecule has 0 unspecified atom stereocenters. The van der Waals surface area contributed by atoms with E-state index in [1.165, 1.54) is 13.8 Å². The van der Waals surface area contributed by atoms with Crippen molar-refractivity contribution in [3.8, 4) is 0 Å². The highest BCUT2D eigenvalue weighted by atomic mass is 16.1. The molecule has 0 spiro atoms. The van der Waals surface area contributed by atoms with Crippen LogP contribution in [0.2, 0.25) is 0 Å². The summed E-state index contributed by atoms with van der Waals surface area (Å²) in [5, 5.41) is 0. The second-order valence-electron chi connectivity index (χ2n) is 3.38. The maximum atomic E-state index is 10.7. The molecule has 4 nitrogen and oxygen atoms in total. The zero-order valence-corrected chi connectivity index (χ0v) is 8.69. The maximum absolute atomic E-state index is 10.7.